The largest absolute Gasteiger partial charge is 0.397 e. The molecule has 1 heterocycles. The van der Waals surface area contributed by atoms with Crippen molar-refractivity contribution in [3.8, 4) is 0 Å². The van der Waals surface area contributed by atoms with E-state index in [1.807, 2.05) is 0 Å². The van der Waals surface area contributed by atoms with Crippen LogP contribution >= 0.6 is 11.6 Å². The van der Waals surface area contributed by atoms with Gasteiger partial charge in [-0.3, -0.25) is 4.79 Å². The van der Waals surface area contributed by atoms with E-state index >= 15 is 0 Å². The van der Waals surface area contributed by atoms with Crippen molar-refractivity contribution in [3.05, 3.63) is 23.2 Å². The average molecular weight is 226 g/mol. The van der Waals surface area contributed by atoms with E-state index in [9.17, 15) is 9.59 Å². The minimum absolute atomic E-state index is 0.0152. The number of nitrogen functional groups attached to an aromatic ring is 1. The number of carbonyl (C=O) groups excluding carboxylic acids is 2. The van der Waals surface area contributed by atoms with Gasteiger partial charge in [-0.1, -0.05) is 11.6 Å². The number of nitrogens with two attached hydrogens (primary N) is 1. The van der Waals surface area contributed by atoms with Gasteiger partial charge < -0.3 is 11.1 Å². The van der Waals surface area contributed by atoms with Gasteiger partial charge in [0.1, 0.15) is 0 Å². The lowest BCUT2D eigenvalue weighted by atomic mass is 10.2. The molecule has 0 bridgehead atoms. The van der Waals surface area contributed by atoms with Gasteiger partial charge in [0, 0.05) is 0 Å². The highest BCUT2D eigenvalue weighted by molar-refractivity contribution is 6.33. The van der Waals surface area contributed by atoms with Crippen molar-refractivity contribution < 1.29 is 9.59 Å². The normalized spacial score (nSPS) is 15.7. The van der Waals surface area contributed by atoms with Crippen LogP contribution in [-0.4, -0.2) is 18.5 Å². The third kappa shape index (κ3) is 1.61. The van der Waals surface area contributed by atoms with E-state index in [2.05, 4.69) is 5.32 Å². The molecule has 78 valence electrons. The van der Waals surface area contributed by atoms with Crippen LogP contribution in [0.1, 0.15) is 0 Å². The van der Waals surface area contributed by atoms with Crippen molar-refractivity contribution >= 4 is 34.9 Å². The van der Waals surface area contributed by atoms with E-state index in [1.165, 1.54) is 6.07 Å². The number of hydrogen-bond acceptors (Lipinski definition) is 3. The first-order valence-electron chi connectivity index (χ1n) is 4.25. The first kappa shape index (κ1) is 9.79. The Morgan fingerprint density at radius 2 is 2.13 bits per heavy atom. The van der Waals surface area contributed by atoms with Gasteiger partial charge in [0.2, 0.25) is 0 Å². The first-order chi connectivity index (χ1) is 7.09. The zero-order chi connectivity index (χ0) is 11.0. The monoisotopic (exact) mass is 225 g/mol. The molecule has 0 aliphatic carbocycles. The Morgan fingerprint density at radius 1 is 1.40 bits per heavy atom. The molecule has 1 aromatic carbocycles. The number of hydrogen-bond donors (Lipinski definition) is 2. The number of urea groups is 1. The first-order valence-corrected chi connectivity index (χ1v) is 4.63. The number of imide groups is 1. The molecule has 1 fully saturated rings. The number of amides is 3. The Hall–Kier alpha value is -1.75. The van der Waals surface area contributed by atoms with Crippen molar-refractivity contribution in [2.24, 2.45) is 0 Å². The van der Waals surface area contributed by atoms with E-state index in [-0.39, 0.29) is 12.5 Å². The van der Waals surface area contributed by atoms with Gasteiger partial charge in [0.25, 0.3) is 5.91 Å². The second-order valence-corrected chi connectivity index (χ2v) is 3.50. The Labute approximate surface area is 90.8 Å². The summed E-state index contributed by atoms with van der Waals surface area (Å²) in [6.07, 6.45) is 0. The number of halogens is 1. The summed E-state index contributed by atoms with van der Waals surface area (Å²) in [5, 5.41) is 2.81. The second-order valence-electron chi connectivity index (χ2n) is 3.09. The lowest BCUT2D eigenvalue weighted by molar-refractivity contribution is -0.115. The van der Waals surface area contributed by atoms with Crippen LogP contribution in [0.3, 0.4) is 0 Å². The molecule has 15 heavy (non-hydrogen) atoms. The molecule has 0 spiro atoms. The molecule has 5 nitrogen and oxygen atoms in total. The number of nitrogens with one attached hydrogen (secondary N) is 1. The molecule has 0 radical (unpaired) electrons. The topological polar surface area (TPSA) is 75.4 Å². The molecule has 0 aromatic heterocycles. The Morgan fingerprint density at radius 3 is 2.67 bits per heavy atom. The van der Waals surface area contributed by atoms with Gasteiger partial charge in [-0.05, 0) is 18.2 Å². The smallest absolute Gasteiger partial charge is 0.329 e. The lowest BCUT2D eigenvalue weighted by Crippen LogP contribution is -2.30. The van der Waals surface area contributed by atoms with Crippen LogP contribution < -0.4 is 16.0 Å². The van der Waals surface area contributed by atoms with Crippen LogP contribution in [0.15, 0.2) is 18.2 Å². The van der Waals surface area contributed by atoms with Crippen molar-refractivity contribution in [1.29, 1.82) is 0 Å². The van der Waals surface area contributed by atoms with Crippen LogP contribution in [0.2, 0.25) is 5.02 Å². The summed E-state index contributed by atoms with van der Waals surface area (Å²) in [7, 11) is 0. The molecule has 0 unspecified atom stereocenters. The van der Waals surface area contributed by atoms with Gasteiger partial charge in [-0.2, -0.15) is 0 Å². The SMILES string of the molecule is Nc1cc(N2C(=O)CNC2=O)ccc1Cl. The average Bonchev–Trinajstić information content (AvgIpc) is 2.52. The van der Waals surface area contributed by atoms with E-state index < -0.39 is 6.03 Å². The molecule has 1 saturated heterocycles. The standard InChI is InChI=1S/C9H8ClN3O2/c10-6-2-1-5(3-7(6)11)13-8(14)4-12-9(13)15/h1-3H,4,11H2,(H,12,15). The third-order valence-corrected chi connectivity index (χ3v) is 2.43. The summed E-state index contributed by atoms with van der Waals surface area (Å²) in [4.78, 5) is 23.7. The molecule has 1 aliphatic heterocycles. The lowest BCUT2D eigenvalue weighted by Gasteiger charge is -2.13. The molecule has 3 N–H and O–H groups in total. The molecule has 2 rings (SSSR count). The van der Waals surface area contributed by atoms with Crippen LogP contribution in [0.25, 0.3) is 0 Å². The Kier molecular flexibility index (Phi) is 2.24. The maximum absolute atomic E-state index is 11.4. The van der Waals surface area contributed by atoms with Crippen molar-refractivity contribution in [2.45, 2.75) is 0 Å². The second kappa shape index (κ2) is 3.43. The zero-order valence-corrected chi connectivity index (χ0v) is 8.41. The van der Waals surface area contributed by atoms with Crippen molar-refractivity contribution in [2.75, 3.05) is 17.2 Å². The fourth-order valence-corrected chi connectivity index (χ4v) is 1.47. The predicted molar refractivity (Wildman–Crippen MR) is 56.7 cm³/mol. The maximum atomic E-state index is 11.4. The molecule has 6 heteroatoms. The molecule has 0 saturated carbocycles. The highest BCUT2D eigenvalue weighted by Crippen LogP contribution is 2.26. The summed E-state index contributed by atoms with van der Waals surface area (Å²) in [6, 6.07) is 4.17. The Bertz CT molecular complexity index is 431. The van der Waals surface area contributed by atoms with E-state index in [0.717, 1.165) is 4.90 Å². The number of carbonyl (C=O) groups is 2. The minimum Gasteiger partial charge on any atom is -0.397 e. The minimum atomic E-state index is -0.443. The fourth-order valence-electron chi connectivity index (χ4n) is 1.35. The van der Waals surface area contributed by atoms with E-state index in [4.69, 9.17) is 17.3 Å². The highest BCUT2D eigenvalue weighted by Gasteiger charge is 2.29. The van der Waals surface area contributed by atoms with Crippen LogP contribution in [-0.2, 0) is 4.79 Å². The maximum Gasteiger partial charge on any atom is 0.329 e. The van der Waals surface area contributed by atoms with Crippen LogP contribution in [0, 0.1) is 0 Å². The molecule has 1 aromatic rings. The van der Waals surface area contributed by atoms with Crippen molar-refractivity contribution in [1.82, 2.24) is 5.32 Å². The van der Waals surface area contributed by atoms with Gasteiger partial charge in [-0.25, -0.2) is 9.69 Å². The van der Waals surface area contributed by atoms with Gasteiger partial charge in [-0.15, -0.1) is 0 Å². The van der Waals surface area contributed by atoms with Crippen LogP contribution in [0.4, 0.5) is 16.2 Å². The molecule has 1 aliphatic rings. The van der Waals surface area contributed by atoms with Crippen molar-refractivity contribution in [3.63, 3.8) is 0 Å². The predicted octanol–water partition coefficient (Wildman–Crippen LogP) is 0.978. The number of nitrogens with zero attached hydrogens (tertiary/aromatic N) is 1. The Balaban J connectivity index is 2.41. The number of rotatable bonds is 1. The summed E-state index contributed by atoms with van der Waals surface area (Å²) in [6.45, 7) is 0.0152. The number of anilines is 2. The quantitative estimate of drug-likeness (QED) is 0.553. The summed E-state index contributed by atoms with van der Waals surface area (Å²) >= 11 is 5.73. The number of benzene rings is 1. The highest BCUT2D eigenvalue weighted by atomic mass is 35.5. The fraction of sp³-hybridized carbons (Fsp3) is 0.111. The molecule has 0 atom stereocenters. The van der Waals surface area contributed by atoms with Gasteiger partial charge in [0.05, 0.1) is 22.9 Å². The third-order valence-electron chi connectivity index (χ3n) is 2.08. The molecular formula is C9H8ClN3O2. The van der Waals surface area contributed by atoms with Gasteiger partial charge >= 0.3 is 6.03 Å². The zero-order valence-electron chi connectivity index (χ0n) is 7.66. The van der Waals surface area contributed by atoms with E-state index in [0.29, 0.717) is 16.4 Å². The molecular weight excluding hydrogens is 218 g/mol. The van der Waals surface area contributed by atoms with Crippen LogP contribution in [0.5, 0.6) is 0 Å². The summed E-state index contributed by atoms with van der Waals surface area (Å²) in [5.74, 6) is -0.304. The molecule has 3 amide bonds. The van der Waals surface area contributed by atoms with E-state index in [1.54, 1.807) is 12.1 Å². The van der Waals surface area contributed by atoms with Gasteiger partial charge in [0.15, 0.2) is 0 Å². The summed E-state index contributed by atoms with van der Waals surface area (Å²) in [5.41, 5.74) is 6.34. The summed E-state index contributed by atoms with van der Waals surface area (Å²) < 4.78 is 0.